The van der Waals surface area contributed by atoms with E-state index in [0.29, 0.717) is 37.4 Å². The molecule has 3 nitrogen and oxygen atoms in total. The first-order chi connectivity index (χ1) is 15.5. The van der Waals surface area contributed by atoms with Gasteiger partial charge in [-0.3, -0.25) is 0 Å². The van der Waals surface area contributed by atoms with Crippen molar-refractivity contribution in [3.63, 3.8) is 0 Å². The van der Waals surface area contributed by atoms with Crippen molar-refractivity contribution in [2.45, 2.75) is 110 Å². The highest BCUT2D eigenvalue weighted by Crippen LogP contribution is 2.38. The van der Waals surface area contributed by atoms with E-state index in [1.54, 1.807) is 0 Å². The second-order valence-electron chi connectivity index (χ2n) is 9.79. The molecule has 2 atom stereocenters. The Morgan fingerprint density at radius 3 is 2.06 bits per heavy atom. The number of halogens is 2. The van der Waals surface area contributed by atoms with E-state index in [2.05, 4.69) is 20.8 Å². The highest BCUT2D eigenvalue weighted by Gasteiger charge is 2.32. The molecule has 1 saturated carbocycles. The Kier molecular flexibility index (Phi) is 12.7. The van der Waals surface area contributed by atoms with Crippen molar-refractivity contribution in [1.82, 2.24) is 0 Å². The van der Waals surface area contributed by atoms with Gasteiger partial charge < -0.3 is 14.2 Å². The molecule has 0 spiro atoms. The van der Waals surface area contributed by atoms with Gasteiger partial charge in [-0.05, 0) is 62.7 Å². The maximum Gasteiger partial charge on any atom is 0.199 e. The van der Waals surface area contributed by atoms with Crippen LogP contribution < -0.4 is 0 Å². The molecular weight excluding hydrogens is 410 g/mol. The number of unbranched alkanes of at least 4 members (excludes halogenated alkanes) is 2. The number of rotatable bonds is 9. The van der Waals surface area contributed by atoms with Gasteiger partial charge in [0.1, 0.15) is 11.5 Å². The lowest BCUT2D eigenvalue weighted by Crippen LogP contribution is -2.34. The molecule has 5 heteroatoms. The van der Waals surface area contributed by atoms with Gasteiger partial charge >= 0.3 is 0 Å². The summed E-state index contributed by atoms with van der Waals surface area (Å²) in [6.07, 6.45) is 14.7. The summed E-state index contributed by atoms with van der Waals surface area (Å²) in [6.45, 7) is 7.92. The van der Waals surface area contributed by atoms with Gasteiger partial charge in [-0.2, -0.15) is 8.78 Å². The molecule has 2 fully saturated rings. The predicted molar refractivity (Wildman–Crippen MR) is 126 cm³/mol. The normalized spacial score (nSPS) is 28.8. The second-order valence-corrected chi connectivity index (χ2v) is 9.79. The highest BCUT2D eigenvalue weighted by atomic mass is 19.2. The molecule has 186 valence electrons. The molecule has 0 bridgehead atoms. The summed E-state index contributed by atoms with van der Waals surface area (Å²) < 4.78 is 44.8. The molecule has 2 aliphatic carbocycles. The van der Waals surface area contributed by atoms with Crippen LogP contribution in [0.2, 0.25) is 0 Å². The maximum atomic E-state index is 14.1. The minimum absolute atomic E-state index is 0.0791. The van der Waals surface area contributed by atoms with Crippen LogP contribution in [0.4, 0.5) is 8.78 Å². The zero-order chi connectivity index (χ0) is 23.3. The molecule has 0 N–H and O–H groups in total. The summed E-state index contributed by atoms with van der Waals surface area (Å²) in [5.41, 5.74) is 0. The molecule has 3 aliphatic rings. The third-order valence-electron chi connectivity index (χ3n) is 7.04. The van der Waals surface area contributed by atoms with Crippen molar-refractivity contribution in [2.24, 2.45) is 17.8 Å². The van der Waals surface area contributed by atoms with Crippen LogP contribution in [-0.2, 0) is 14.2 Å². The smallest absolute Gasteiger partial charge is 0.199 e. The predicted octanol–water partition coefficient (Wildman–Crippen LogP) is 8.40. The summed E-state index contributed by atoms with van der Waals surface area (Å²) in [5, 5.41) is 0. The van der Waals surface area contributed by atoms with Gasteiger partial charge in [-0.1, -0.05) is 46.5 Å². The summed E-state index contributed by atoms with van der Waals surface area (Å²) in [5.74, 6) is 0.275. The van der Waals surface area contributed by atoms with Gasteiger partial charge in [-0.15, -0.1) is 0 Å². The molecule has 1 aliphatic heterocycles. The maximum absolute atomic E-state index is 14.1. The number of hydrogen-bond donors (Lipinski definition) is 0. The van der Waals surface area contributed by atoms with Gasteiger partial charge in [0.25, 0.3) is 0 Å². The molecule has 1 saturated heterocycles. The van der Waals surface area contributed by atoms with Crippen LogP contribution in [-0.4, -0.2) is 26.4 Å². The van der Waals surface area contributed by atoms with Gasteiger partial charge in [0.2, 0.25) is 0 Å². The fourth-order valence-corrected chi connectivity index (χ4v) is 5.07. The molecule has 32 heavy (non-hydrogen) atoms. The quantitative estimate of drug-likeness (QED) is 0.326. The topological polar surface area (TPSA) is 27.7 Å². The molecule has 0 amide bonds. The monoisotopic (exact) mass is 456 g/mol. The van der Waals surface area contributed by atoms with E-state index < -0.39 is 11.7 Å². The van der Waals surface area contributed by atoms with Crippen molar-refractivity contribution in [2.75, 3.05) is 20.3 Å². The lowest BCUT2D eigenvalue weighted by atomic mass is 9.77. The Hall–Kier alpha value is -1.10. The lowest BCUT2D eigenvalue weighted by Gasteiger charge is -2.38. The van der Waals surface area contributed by atoms with Crippen LogP contribution in [0.25, 0.3) is 0 Å². The van der Waals surface area contributed by atoms with Crippen LogP contribution in [0.5, 0.6) is 0 Å². The van der Waals surface area contributed by atoms with Gasteiger partial charge in [0.05, 0.1) is 19.8 Å². The number of hydrogen-bond acceptors (Lipinski definition) is 3. The Morgan fingerprint density at radius 2 is 1.47 bits per heavy atom. The van der Waals surface area contributed by atoms with Gasteiger partial charge in [0.15, 0.2) is 11.7 Å². The lowest BCUT2D eigenvalue weighted by molar-refractivity contribution is -0.0615. The molecule has 3 rings (SSSR count). The van der Waals surface area contributed by atoms with E-state index in [-0.39, 0.29) is 11.5 Å². The molecule has 0 aromatic heterocycles. The molecule has 0 radical (unpaired) electrons. The van der Waals surface area contributed by atoms with Crippen molar-refractivity contribution in [3.05, 3.63) is 23.2 Å². The summed E-state index contributed by atoms with van der Waals surface area (Å²) in [7, 11) is 1.37. The molecule has 2 unspecified atom stereocenters. The van der Waals surface area contributed by atoms with Crippen molar-refractivity contribution >= 4 is 0 Å². The largest absolute Gasteiger partial charge is 0.498 e. The summed E-state index contributed by atoms with van der Waals surface area (Å²) >= 11 is 0. The third-order valence-corrected chi connectivity index (χ3v) is 7.04. The summed E-state index contributed by atoms with van der Waals surface area (Å²) in [6, 6.07) is 0. The number of allylic oxidation sites excluding steroid dienone is 4. The Morgan fingerprint density at radius 1 is 0.844 bits per heavy atom. The van der Waals surface area contributed by atoms with Crippen molar-refractivity contribution in [1.29, 1.82) is 0 Å². The summed E-state index contributed by atoms with van der Waals surface area (Å²) in [4.78, 5) is 0. The first kappa shape index (κ1) is 27.1. The second kappa shape index (κ2) is 14.9. The van der Waals surface area contributed by atoms with Crippen molar-refractivity contribution < 1.29 is 23.0 Å². The van der Waals surface area contributed by atoms with Crippen LogP contribution in [0, 0.1) is 17.8 Å². The molecule has 0 aromatic rings. The van der Waals surface area contributed by atoms with Crippen LogP contribution >= 0.6 is 0 Å². The van der Waals surface area contributed by atoms with Gasteiger partial charge in [-0.25, -0.2) is 0 Å². The zero-order valence-electron chi connectivity index (χ0n) is 20.9. The average Bonchev–Trinajstić information content (AvgIpc) is 2.82. The molecule has 1 heterocycles. The van der Waals surface area contributed by atoms with E-state index >= 15 is 0 Å². The molecular formula is C27H46F2O3. The molecule has 0 aromatic carbocycles. The number of ether oxygens (including phenoxy) is 3. The average molecular weight is 457 g/mol. The van der Waals surface area contributed by atoms with Crippen LogP contribution in [0.1, 0.15) is 104 Å². The number of methoxy groups -OCH3 is 1. The fourth-order valence-electron chi connectivity index (χ4n) is 5.07. The minimum Gasteiger partial charge on any atom is -0.498 e. The Bertz CT molecular complexity index is 586. The first-order valence-electron chi connectivity index (χ1n) is 13.1. The zero-order valence-corrected chi connectivity index (χ0v) is 20.9. The van der Waals surface area contributed by atoms with E-state index in [0.717, 1.165) is 38.2 Å². The third kappa shape index (κ3) is 8.35. The van der Waals surface area contributed by atoms with E-state index in [1.807, 2.05) is 0 Å². The van der Waals surface area contributed by atoms with E-state index in [4.69, 9.17) is 14.2 Å². The van der Waals surface area contributed by atoms with Gasteiger partial charge in [0, 0.05) is 19.4 Å². The van der Waals surface area contributed by atoms with Crippen LogP contribution in [0.15, 0.2) is 23.2 Å². The standard InChI is InChI=1S/C24H38F2O3.C3H8/c1-3-4-5-6-17-9-12-20(28-15-17)19-10-7-18(8-11-19)16-29-22-14-13-21(27-2)23(25)24(22)26;1-3-2/h17-20H,3-16H2,1-2H3;3H2,1-2H3. The van der Waals surface area contributed by atoms with Crippen molar-refractivity contribution in [3.8, 4) is 0 Å². The fraction of sp³-hybridized carbons (Fsp3) is 0.852. The SMILES string of the molecule is CCC.CCCCCC1CCC(C2CCC(COC3=C(F)C(F)=C(OC)CC3)CC2)OC1. The van der Waals surface area contributed by atoms with Crippen LogP contribution in [0.3, 0.4) is 0 Å². The van der Waals surface area contributed by atoms with E-state index in [1.165, 1.54) is 52.1 Å². The first-order valence-corrected chi connectivity index (χ1v) is 13.1. The minimum atomic E-state index is -0.903. The Labute approximate surface area is 195 Å². The van der Waals surface area contributed by atoms with E-state index in [9.17, 15) is 8.78 Å². The Balaban J connectivity index is 0.00000114. The highest BCUT2D eigenvalue weighted by molar-refractivity contribution is 5.29.